The van der Waals surface area contributed by atoms with Crippen molar-refractivity contribution in [2.45, 2.75) is 199 Å². The number of quaternary nitrogens is 1. The molecule has 8 nitrogen and oxygen atoms in total. The predicted molar refractivity (Wildman–Crippen MR) is 208 cm³/mol. The second-order valence-electron chi connectivity index (χ2n) is 15.4. The molecular weight excluding hydrogens is 635 g/mol. The van der Waals surface area contributed by atoms with Crippen LogP contribution in [0.2, 0.25) is 0 Å². The fourth-order valence-corrected chi connectivity index (χ4v) is 6.66. The van der Waals surface area contributed by atoms with Gasteiger partial charge in [-0.15, -0.1) is 0 Å². The van der Waals surface area contributed by atoms with Crippen molar-refractivity contribution in [1.82, 2.24) is 5.32 Å². The second-order valence-corrected chi connectivity index (χ2v) is 16.8. The van der Waals surface area contributed by atoms with Gasteiger partial charge in [0.25, 0.3) is 0 Å². The Morgan fingerprint density at radius 1 is 0.673 bits per heavy atom. The van der Waals surface area contributed by atoms with Crippen molar-refractivity contribution in [3.05, 3.63) is 12.2 Å². The largest absolute Gasteiger partial charge is 0.472 e. The van der Waals surface area contributed by atoms with Crippen LogP contribution >= 0.6 is 7.82 Å². The van der Waals surface area contributed by atoms with Gasteiger partial charge in [-0.25, -0.2) is 4.57 Å². The number of aliphatic hydroxyl groups is 1. The van der Waals surface area contributed by atoms with Crippen molar-refractivity contribution in [1.29, 1.82) is 0 Å². The molecule has 0 aliphatic rings. The molecule has 0 rings (SSSR count). The first kappa shape index (κ1) is 48.2. The van der Waals surface area contributed by atoms with E-state index in [-0.39, 0.29) is 19.1 Å². The first-order valence-electron chi connectivity index (χ1n) is 20.6. The van der Waals surface area contributed by atoms with Gasteiger partial charge < -0.3 is 19.8 Å². The van der Waals surface area contributed by atoms with Crippen LogP contribution in [-0.4, -0.2) is 73.4 Å². The number of carbonyl (C=O) groups is 1. The van der Waals surface area contributed by atoms with Gasteiger partial charge in [0.15, 0.2) is 0 Å². The van der Waals surface area contributed by atoms with E-state index < -0.39 is 20.0 Å². The minimum absolute atomic E-state index is 0.0718. The topological polar surface area (TPSA) is 105 Å². The van der Waals surface area contributed by atoms with E-state index in [4.69, 9.17) is 9.05 Å². The van der Waals surface area contributed by atoms with E-state index in [0.717, 1.165) is 44.9 Å². The molecule has 49 heavy (non-hydrogen) atoms. The van der Waals surface area contributed by atoms with Gasteiger partial charge in [-0.1, -0.05) is 154 Å². The third kappa shape index (κ3) is 35.4. The Bertz CT molecular complexity index is 819. The molecule has 0 aliphatic carbocycles. The van der Waals surface area contributed by atoms with Gasteiger partial charge in [0, 0.05) is 6.42 Å². The van der Waals surface area contributed by atoms with Crippen molar-refractivity contribution in [3.8, 4) is 0 Å². The van der Waals surface area contributed by atoms with E-state index in [1.54, 1.807) is 0 Å². The van der Waals surface area contributed by atoms with Crippen LogP contribution in [0.25, 0.3) is 0 Å². The smallest absolute Gasteiger partial charge is 0.391 e. The molecule has 9 heteroatoms. The molecular formula is C40H82N2O6P+. The minimum Gasteiger partial charge on any atom is -0.391 e. The Hall–Kier alpha value is -0.760. The molecule has 3 N–H and O–H groups in total. The summed E-state index contributed by atoms with van der Waals surface area (Å²) in [5, 5.41) is 13.9. The molecule has 292 valence electrons. The maximum Gasteiger partial charge on any atom is 0.472 e. The molecule has 0 radical (unpaired) electrons. The number of rotatable bonds is 37. The number of nitrogens with zero attached hydrogens (tertiary/aromatic N) is 1. The summed E-state index contributed by atoms with van der Waals surface area (Å²) < 4.78 is 23.5. The van der Waals surface area contributed by atoms with Crippen LogP contribution in [0.3, 0.4) is 0 Å². The highest BCUT2D eigenvalue weighted by atomic mass is 31.2. The van der Waals surface area contributed by atoms with Crippen molar-refractivity contribution in [2.75, 3.05) is 40.9 Å². The number of carbonyl (C=O) groups excluding carboxylic acids is 1. The molecule has 0 aromatic rings. The lowest BCUT2D eigenvalue weighted by Crippen LogP contribution is -2.46. The lowest BCUT2D eigenvalue weighted by molar-refractivity contribution is -0.870. The Kier molecular flexibility index (Phi) is 32.6. The monoisotopic (exact) mass is 718 g/mol. The van der Waals surface area contributed by atoms with Crippen LogP contribution in [0.1, 0.15) is 187 Å². The number of allylic oxidation sites excluding steroid dienone is 2. The van der Waals surface area contributed by atoms with E-state index >= 15 is 0 Å². The highest BCUT2D eigenvalue weighted by molar-refractivity contribution is 7.47. The van der Waals surface area contributed by atoms with Gasteiger partial charge in [0.05, 0.1) is 39.9 Å². The number of hydrogen-bond donors (Lipinski definition) is 3. The highest BCUT2D eigenvalue weighted by Crippen LogP contribution is 2.43. The Morgan fingerprint density at radius 3 is 1.57 bits per heavy atom. The zero-order chi connectivity index (χ0) is 36.5. The number of likely N-dealkylation sites (N-methyl/N-ethyl adjacent to an activating group) is 1. The van der Waals surface area contributed by atoms with Gasteiger partial charge in [-0.3, -0.25) is 13.8 Å². The first-order chi connectivity index (χ1) is 23.5. The molecule has 1 amide bonds. The molecule has 0 aromatic heterocycles. The van der Waals surface area contributed by atoms with Gasteiger partial charge in [0.1, 0.15) is 13.2 Å². The van der Waals surface area contributed by atoms with Crippen LogP contribution in [0, 0.1) is 0 Å². The van der Waals surface area contributed by atoms with Crippen molar-refractivity contribution in [2.24, 2.45) is 0 Å². The number of phosphoric acid groups is 1. The fourth-order valence-electron chi connectivity index (χ4n) is 5.92. The summed E-state index contributed by atoms with van der Waals surface area (Å²) in [6.07, 6.45) is 35.2. The molecule has 0 heterocycles. The van der Waals surface area contributed by atoms with Crippen molar-refractivity contribution < 1.29 is 32.9 Å². The summed E-state index contributed by atoms with van der Waals surface area (Å²) in [5.41, 5.74) is 0. The van der Waals surface area contributed by atoms with Crippen LogP contribution in [0.4, 0.5) is 0 Å². The van der Waals surface area contributed by atoms with Crippen LogP contribution in [0.5, 0.6) is 0 Å². The number of unbranched alkanes of at least 4 members (excludes halogenated alkanes) is 22. The zero-order valence-corrected chi connectivity index (χ0v) is 33.8. The highest BCUT2D eigenvalue weighted by Gasteiger charge is 2.28. The number of aliphatic hydroxyl groups excluding tert-OH is 1. The van der Waals surface area contributed by atoms with Crippen LogP contribution < -0.4 is 5.32 Å². The molecule has 0 aromatic carbocycles. The molecule has 0 bridgehead atoms. The zero-order valence-electron chi connectivity index (χ0n) is 32.9. The quantitative estimate of drug-likeness (QED) is 0.0256. The molecule has 0 spiro atoms. The van der Waals surface area contributed by atoms with E-state index in [1.165, 1.54) is 116 Å². The summed E-state index contributed by atoms with van der Waals surface area (Å²) in [6, 6.07) is -0.769. The fraction of sp³-hybridized carbons (Fsp3) is 0.925. The summed E-state index contributed by atoms with van der Waals surface area (Å²) in [5.74, 6) is -0.154. The Labute approximate surface area is 303 Å². The minimum atomic E-state index is -4.31. The Balaban J connectivity index is 4.39. The van der Waals surface area contributed by atoms with Gasteiger partial charge in [-0.05, 0) is 38.5 Å². The van der Waals surface area contributed by atoms with E-state index in [9.17, 15) is 19.4 Å². The Morgan fingerprint density at radius 2 is 1.10 bits per heavy atom. The summed E-state index contributed by atoms with van der Waals surface area (Å²) in [6.45, 7) is 4.84. The molecule has 0 aliphatic heterocycles. The van der Waals surface area contributed by atoms with Crippen molar-refractivity contribution >= 4 is 13.7 Å². The van der Waals surface area contributed by atoms with Gasteiger partial charge >= 0.3 is 7.82 Å². The molecule has 3 atom stereocenters. The summed E-state index contributed by atoms with van der Waals surface area (Å²) in [7, 11) is 1.60. The number of amides is 1. The number of hydrogen-bond acceptors (Lipinski definition) is 5. The van der Waals surface area contributed by atoms with Crippen molar-refractivity contribution in [3.63, 3.8) is 0 Å². The second kappa shape index (κ2) is 33.1. The molecule has 0 saturated carbocycles. The van der Waals surface area contributed by atoms with Crippen LogP contribution in [-0.2, 0) is 18.4 Å². The average Bonchev–Trinajstić information content (AvgIpc) is 3.04. The lowest BCUT2D eigenvalue weighted by Gasteiger charge is -2.26. The predicted octanol–water partition coefficient (Wildman–Crippen LogP) is 10.8. The van der Waals surface area contributed by atoms with E-state index in [0.29, 0.717) is 23.9 Å². The normalized spacial score (nSPS) is 14.7. The first-order valence-corrected chi connectivity index (χ1v) is 22.0. The maximum absolute atomic E-state index is 12.8. The summed E-state index contributed by atoms with van der Waals surface area (Å²) >= 11 is 0. The SMILES string of the molecule is CCCCCCC/C=C/CCCC[C@@H](O)[C@H](COP(=O)(O)OCC[N+](C)(C)C)NC(=O)CCCCCCCCCCCCCCCCCC. The van der Waals surface area contributed by atoms with E-state index in [1.807, 2.05) is 21.1 Å². The molecule has 0 saturated heterocycles. The number of phosphoric ester groups is 1. The average molecular weight is 718 g/mol. The third-order valence-corrected chi connectivity index (χ3v) is 10.2. The van der Waals surface area contributed by atoms with Gasteiger partial charge in [-0.2, -0.15) is 0 Å². The lowest BCUT2D eigenvalue weighted by atomic mass is 10.0. The number of nitrogens with one attached hydrogen (secondary N) is 1. The van der Waals surface area contributed by atoms with Gasteiger partial charge in [0.2, 0.25) is 5.91 Å². The van der Waals surface area contributed by atoms with Crippen LogP contribution in [0.15, 0.2) is 12.2 Å². The maximum atomic E-state index is 12.8. The third-order valence-electron chi connectivity index (χ3n) is 9.26. The van der Waals surface area contributed by atoms with E-state index in [2.05, 4.69) is 31.3 Å². The summed E-state index contributed by atoms with van der Waals surface area (Å²) in [4.78, 5) is 23.0. The molecule has 0 fully saturated rings. The standard InChI is InChI=1S/C40H81N2O6P/c1-6-8-10-12-14-16-18-19-20-21-22-24-26-28-30-32-34-40(44)41-38(37-48-49(45,46)47-36-35-42(3,4)5)39(43)33-31-29-27-25-23-17-15-13-11-9-7-2/h23,25,38-39,43H,6-22,24,26-37H2,1-5H3,(H-,41,44,45,46)/p+1/b25-23+/t38-,39+/m0/s1. The molecule has 1 unspecified atom stereocenters.